The zero-order valence-electron chi connectivity index (χ0n) is 16.4. The number of carbonyl (C=O) groups excluding carboxylic acids is 1. The van der Waals surface area contributed by atoms with Crippen LogP contribution in [0.1, 0.15) is 20.8 Å². The Morgan fingerprint density at radius 2 is 1.93 bits per heavy atom. The first-order valence-corrected chi connectivity index (χ1v) is 9.20. The molecule has 0 fully saturated rings. The fourth-order valence-corrected chi connectivity index (χ4v) is 3.01. The molecule has 4 aromatic rings. The molecule has 3 aromatic heterocycles. The third-order valence-electron chi connectivity index (χ3n) is 4.23. The topological polar surface area (TPSA) is 108 Å². The number of hydrogen-bond acceptors (Lipinski definition) is 5. The Morgan fingerprint density at radius 1 is 1.07 bits per heavy atom. The number of aromatic amines is 1. The minimum Gasteiger partial charge on any atom is -0.333 e. The molecule has 146 valence electrons. The molecule has 0 atom stereocenters. The van der Waals surface area contributed by atoms with E-state index < -0.39 is 0 Å². The monoisotopic (exact) mass is 387 g/mol. The van der Waals surface area contributed by atoms with Crippen molar-refractivity contribution < 1.29 is 4.79 Å². The van der Waals surface area contributed by atoms with Crippen LogP contribution in [0.5, 0.6) is 0 Å². The predicted octanol–water partition coefficient (Wildman–Crippen LogP) is 4.00. The van der Waals surface area contributed by atoms with Crippen molar-refractivity contribution >= 4 is 22.8 Å². The summed E-state index contributed by atoms with van der Waals surface area (Å²) >= 11 is 0. The summed E-state index contributed by atoms with van der Waals surface area (Å²) in [5.74, 6) is 0.446. The minimum atomic E-state index is -0.355. The van der Waals surface area contributed by atoms with Crippen molar-refractivity contribution in [1.29, 1.82) is 0 Å². The third-order valence-corrected chi connectivity index (χ3v) is 4.23. The lowest BCUT2D eigenvalue weighted by Crippen LogP contribution is -2.43. The summed E-state index contributed by atoms with van der Waals surface area (Å²) in [6.07, 6.45) is 4.93. The van der Waals surface area contributed by atoms with Crippen LogP contribution in [-0.2, 0) is 0 Å². The normalized spacial score (nSPS) is 11.4. The van der Waals surface area contributed by atoms with E-state index in [0.717, 1.165) is 33.4 Å². The molecule has 3 heterocycles. The first-order chi connectivity index (χ1) is 13.9. The smallest absolute Gasteiger partial charge is 0.320 e. The van der Waals surface area contributed by atoms with Crippen molar-refractivity contribution in [3.8, 4) is 22.5 Å². The van der Waals surface area contributed by atoms with Gasteiger partial charge in [-0.3, -0.25) is 15.4 Å². The Hall–Kier alpha value is -3.81. The predicted molar refractivity (Wildman–Crippen MR) is 112 cm³/mol. The maximum atomic E-state index is 12.3. The van der Waals surface area contributed by atoms with E-state index in [1.165, 1.54) is 6.33 Å². The van der Waals surface area contributed by atoms with Crippen LogP contribution >= 0.6 is 0 Å². The van der Waals surface area contributed by atoms with Gasteiger partial charge in [-0.05, 0) is 50.6 Å². The van der Waals surface area contributed by atoms with Gasteiger partial charge in [-0.1, -0.05) is 12.1 Å². The highest BCUT2D eigenvalue weighted by molar-refractivity contribution is 6.00. The maximum absolute atomic E-state index is 12.3. The van der Waals surface area contributed by atoms with Gasteiger partial charge in [0.15, 0.2) is 0 Å². The zero-order valence-corrected chi connectivity index (χ0v) is 16.4. The van der Waals surface area contributed by atoms with Gasteiger partial charge in [-0.25, -0.2) is 14.8 Å². The Morgan fingerprint density at radius 3 is 2.69 bits per heavy atom. The van der Waals surface area contributed by atoms with E-state index in [4.69, 9.17) is 0 Å². The molecule has 0 saturated carbocycles. The summed E-state index contributed by atoms with van der Waals surface area (Å²) in [6, 6.07) is 11.2. The van der Waals surface area contributed by atoms with Crippen LogP contribution in [0, 0.1) is 0 Å². The van der Waals surface area contributed by atoms with Crippen LogP contribution < -0.4 is 10.6 Å². The number of nitrogens with one attached hydrogen (secondary N) is 3. The highest BCUT2D eigenvalue weighted by atomic mass is 16.2. The number of pyridine rings is 1. The molecule has 1 aromatic carbocycles. The molecule has 0 bridgehead atoms. The van der Waals surface area contributed by atoms with Crippen LogP contribution in [0.2, 0.25) is 0 Å². The molecule has 8 heteroatoms. The molecule has 0 radical (unpaired) electrons. The van der Waals surface area contributed by atoms with E-state index >= 15 is 0 Å². The average molecular weight is 387 g/mol. The highest BCUT2D eigenvalue weighted by Gasteiger charge is 2.16. The van der Waals surface area contributed by atoms with Gasteiger partial charge in [0.1, 0.15) is 12.1 Å². The van der Waals surface area contributed by atoms with E-state index in [1.54, 1.807) is 12.4 Å². The average Bonchev–Trinajstić information content (AvgIpc) is 3.17. The second kappa shape index (κ2) is 7.31. The molecular formula is C21H21N7O. The van der Waals surface area contributed by atoms with Gasteiger partial charge in [-0.15, -0.1) is 0 Å². The number of fused-ring (bicyclic) bond motifs is 1. The first-order valence-electron chi connectivity index (χ1n) is 9.20. The first kappa shape index (κ1) is 18.5. The van der Waals surface area contributed by atoms with Crippen LogP contribution in [0.4, 0.5) is 10.6 Å². The third kappa shape index (κ3) is 4.06. The second-order valence-electron chi connectivity index (χ2n) is 7.66. The van der Waals surface area contributed by atoms with Crippen molar-refractivity contribution in [2.75, 3.05) is 5.32 Å². The number of aromatic nitrogens is 5. The van der Waals surface area contributed by atoms with Crippen molar-refractivity contribution in [2.45, 2.75) is 26.3 Å². The van der Waals surface area contributed by atoms with Gasteiger partial charge >= 0.3 is 6.03 Å². The molecule has 4 rings (SSSR count). The molecule has 0 aliphatic carbocycles. The Labute approximate surface area is 167 Å². The summed E-state index contributed by atoms with van der Waals surface area (Å²) in [5, 5.41) is 13.6. The van der Waals surface area contributed by atoms with Gasteiger partial charge in [-0.2, -0.15) is 5.10 Å². The van der Waals surface area contributed by atoms with Crippen molar-refractivity contribution in [3.63, 3.8) is 0 Å². The number of urea groups is 1. The molecule has 3 N–H and O–H groups in total. The summed E-state index contributed by atoms with van der Waals surface area (Å²) in [6.45, 7) is 5.75. The summed E-state index contributed by atoms with van der Waals surface area (Å²) < 4.78 is 0. The van der Waals surface area contributed by atoms with E-state index in [9.17, 15) is 4.79 Å². The number of amides is 2. The van der Waals surface area contributed by atoms with Crippen LogP contribution in [0.15, 0.2) is 55.1 Å². The molecule has 8 nitrogen and oxygen atoms in total. The van der Waals surface area contributed by atoms with E-state index in [-0.39, 0.29) is 11.6 Å². The molecule has 2 amide bonds. The maximum Gasteiger partial charge on any atom is 0.320 e. The number of carbonyl (C=O) groups is 1. The number of H-pyrrole nitrogens is 1. The lowest BCUT2D eigenvalue weighted by molar-refractivity contribution is 0.243. The highest BCUT2D eigenvalue weighted by Crippen LogP contribution is 2.32. The van der Waals surface area contributed by atoms with Crippen LogP contribution in [0.3, 0.4) is 0 Å². The van der Waals surface area contributed by atoms with Crippen molar-refractivity contribution in [3.05, 3.63) is 55.1 Å². The van der Waals surface area contributed by atoms with Crippen molar-refractivity contribution in [2.24, 2.45) is 0 Å². The molecule has 0 spiro atoms. The number of rotatable bonds is 3. The molecule has 0 aliphatic rings. The van der Waals surface area contributed by atoms with Gasteiger partial charge in [0, 0.05) is 22.7 Å². The standard InChI is InChI=1S/C21H21N7O/c1-21(2,3)27-20(29)26-19-14-10-13(7-8-16(14)23-12-24-19)15-11-25-28-18(15)17-6-4-5-9-22-17/h4-12H,1-3H3,(H,25,28)(H2,23,24,26,27,29). The molecule has 29 heavy (non-hydrogen) atoms. The van der Waals surface area contributed by atoms with E-state index in [0.29, 0.717) is 5.82 Å². The Kier molecular flexibility index (Phi) is 4.67. The fourth-order valence-electron chi connectivity index (χ4n) is 3.01. The SMILES string of the molecule is CC(C)(C)NC(=O)Nc1ncnc2ccc(-c3cn[nH]c3-c3ccccn3)cc12. The second-order valence-corrected chi connectivity index (χ2v) is 7.66. The van der Waals surface area contributed by atoms with Crippen LogP contribution in [0.25, 0.3) is 33.4 Å². The molecular weight excluding hydrogens is 366 g/mol. The zero-order chi connectivity index (χ0) is 20.4. The number of benzene rings is 1. The summed E-state index contributed by atoms with van der Waals surface area (Å²) in [4.78, 5) is 25.3. The lowest BCUT2D eigenvalue weighted by Gasteiger charge is -2.20. The summed E-state index contributed by atoms with van der Waals surface area (Å²) in [7, 11) is 0. The number of hydrogen-bond donors (Lipinski definition) is 3. The van der Waals surface area contributed by atoms with E-state index in [1.807, 2.05) is 57.2 Å². The molecule has 0 unspecified atom stereocenters. The quantitative estimate of drug-likeness (QED) is 0.492. The number of nitrogens with zero attached hydrogens (tertiary/aromatic N) is 4. The van der Waals surface area contributed by atoms with Gasteiger partial charge in [0.2, 0.25) is 0 Å². The number of anilines is 1. The Bertz CT molecular complexity index is 1160. The fraction of sp³-hybridized carbons (Fsp3) is 0.190. The van der Waals surface area contributed by atoms with Gasteiger partial charge in [0.25, 0.3) is 0 Å². The van der Waals surface area contributed by atoms with Gasteiger partial charge in [0.05, 0.1) is 23.1 Å². The summed E-state index contributed by atoms with van der Waals surface area (Å²) in [5.41, 5.74) is 3.82. The minimum absolute atomic E-state index is 0.319. The van der Waals surface area contributed by atoms with Crippen LogP contribution in [-0.4, -0.2) is 36.7 Å². The van der Waals surface area contributed by atoms with Gasteiger partial charge < -0.3 is 5.32 Å². The lowest BCUT2D eigenvalue weighted by atomic mass is 10.0. The molecule has 0 saturated heterocycles. The van der Waals surface area contributed by atoms with E-state index in [2.05, 4.69) is 35.8 Å². The largest absolute Gasteiger partial charge is 0.333 e. The molecule has 0 aliphatic heterocycles. The Balaban J connectivity index is 1.74. The van der Waals surface area contributed by atoms with Crippen molar-refractivity contribution in [1.82, 2.24) is 30.5 Å².